The van der Waals surface area contributed by atoms with Crippen LogP contribution >= 0.6 is 0 Å². The van der Waals surface area contributed by atoms with Crippen molar-refractivity contribution in [3.63, 3.8) is 0 Å². The quantitative estimate of drug-likeness (QED) is 0.633. The molecule has 0 bridgehead atoms. The van der Waals surface area contributed by atoms with Crippen molar-refractivity contribution in [1.29, 1.82) is 0 Å². The third-order valence-electron chi connectivity index (χ3n) is 4.88. The van der Waals surface area contributed by atoms with Crippen molar-refractivity contribution >= 4 is 16.9 Å². The molecule has 26 heavy (non-hydrogen) atoms. The van der Waals surface area contributed by atoms with Gasteiger partial charge in [-0.05, 0) is 37.0 Å². The Morgan fingerprint density at radius 3 is 2.88 bits per heavy atom. The molecular formula is C20H25NO5. The van der Waals surface area contributed by atoms with Gasteiger partial charge >= 0.3 is 5.63 Å². The van der Waals surface area contributed by atoms with Gasteiger partial charge in [0.15, 0.2) is 6.61 Å². The SMILES string of the molecule is CCc1cc(=O)oc2cc(OCC(=O)N[C@@H]3CCCCC[C@H]3O)ccc12. The molecule has 0 saturated heterocycles. The molecule has 1 aromatic carbocycles. The second-order valence-electron chi connectivity index (χ2n) is 6.77. The Morgan fingerprint density at radius 2 is 2.08 bits per heavy atom. The van der Waals surface area contributed by atoms with Crippen molar-refractivity contribution in [3.05, 3.63) is 40.2 Å². The zero-order chi connectivity index (χ0) is 18.5. The van der Waals surface area contributed by atoms with Crippen LogP contribution in [-0.2, 0) is 11.2 Å². The molecule has 0 spiro atoms. The Morgan fingerprint density at radius 1 is 1.27 bits per heavy atom. The number of carbonyl (C=O) groups excluding carboxylic acids is 1. The van der Waals surface area contributed by atoms with Gasteiger partial charge in [-0.3, -0.25) is 4.79 Å². The van der Waals surface area contributed by atoms with Crippen LogP contribution in [0.2, 0.25) is 0 Å². The summed E-state index contributed by atoms with van der Waals surface area (Å²) in [4.78, 5) is 23.8. The highest BCUT2D eigenvalue weighted by molar-refractivity contribution is 5.82. The van der Waals surface area contributed by atoms with E-state index in [1.807, 2.05) is 13.0 Å². The predicted octanol–water partition coefficient (Wildman–Crippen LogP) is 2.54. The molecule has 1 aliphatic rings. The number of ether oxygens (including phenoxy) is 1. The van der Waals surface area contributed by atoms with Crippen LogP contribution < -0.4 is 15.7 Å². The van der Waals surface area contributed by atoms with E-state index in [0.717, 1.165) is 49.5 Å². The number of aliphatic hydroxyl groups is 1. The fourth-order valence-corrected chi connectivity index (χ4v) is 3.45. The lowest BCUT2D eigenvalue weighted by Gasteiger charge is -2.21. The number of aliphatic hydroxyl groups excluding tert-OH is 1. The van der Waals surface area contributed by atoms with Crippen molar-refractivity contribution in [2.24, 2.45) is 0 Å². The Labute approximate surface area is 152 Å². The number of hydrogen-bond acceptors (Lipinski definition) is 5. The fraction of sp³-hybridized carbons (Fsp3) is 0.500. The van der Waals surface area contributed by atoms with Crippen LogP contribution in [0.5, 0.6) is 5.75 Å². The van der Waals surface area contributed by atoms with E-state index in [9.17, 15) is 14.7 Å². The molecule has 1 heterocycles. The maximum atomic E-state index is 12.1. The summed E-state index contributed by atoms with van der Waals surface area (Å²) in [7, 11) is 0. The van der Waals surface area contributed by atoms with Gasteiger partial charge in [-0.25, -0.2) is 4.79 Å². The van der Waals surface area contributed by atoms with Crippen LogP contribution in [0.4, 0.5) is 0 Å². The fourth-order valence-electron chi connectivity index (χ4n) is 3.45. The van der Waals surface area contributed by atoms with Crippen LogP contribution in [0.1, 0.15) is 44.6 Å². The molecule has 140 valence electrons. The Balaban J connectivity index is 1.63. The Hall–Kier alpha value is -2.34. The second kappa shape index (κ2) is 8.36. The lowest BCUT2D eigenvalue weighted by atomic mass is 10.1. The summed E-state index contributed by atoms with van der Waals surface area (Å²) >= 11 is 0. The second-order valence-corrected chi connectivity index (χ2v) is 6.77. The highest BCUT2D eigenvalue weighted by atomic mass is 16.5. The minimum atomic E-state index is -0.496. The minimum Gasteiger partial charge on any atom is -0.484 e. The number of fused-ring (bicyclic) bond motifs is 1. The van der Waals surface area contributed by atoms with Crippen LogP contribution in [0.15, 0.2) is 33.5 Å². The van der Waals surface area contributed by atoms with Gasteiger partial charge < -0.3 is 19.6 Å². The van der Waals surface area contributed by atoms with Crippen molar-refractivity contribution < 1.29 is 19.1 Å². The summed E-state index contributed by atoms with van der Waals surface area (Å²) in [6, 6.07) is 6.50. The number of aryl methyl sites for hydroxylation is 1. The van der Waals surface area contributed by atoms with Crippen molar-refractivity contribution in [1.82, 2.24) is 5.32 Å². The average molecular weight is 359 g/mol. The third-order valence-corrected chi connectivity index (χ3v) is 4.88. The summed E-state index contributed by atoms with van der Waals surface area (Å²) in [5.74, 6) is 0.199. The van der Waals surface area contributed by atoms with Gasteiger partial charge in [0, 0.05) is 17.5 Å². The van der Waals surface area contributed by atoms with E-state index in [0.29, 0.717) is 11.3 Å². The highest BCUT2D eigenvalue weighted by Crippen LogP contribution is 2.23. The van der Waals surface area contributed by atoms with Crippen LogP contribution in [0.3, 0.4) is 0 Å². The topological polar surface area (TPSA) is 88.8 Å². The lowest BCUT2D eigenvalue weighted by Crippen LogP contribution is -2.44. The summed E-state index contributed by atoms with van der Waals surface area (Å²) in [5.41, 5.74) is 0.973. The summed E-state index contributed by atoms with van der Waals surface area (Å²) in [6.45, 7) is 1.83. The molecular weight excluding hydrogens is 334 g/mol. The first kappa shape index (κ1) is 18.5. The van der Waals surface area contributed by atoms with E-state index in [2.05, 4.69) is 5.32 Å². The summed E-state index contributed by atoms with van der Waals surface area (Å²) in [6.07, 6.45) is 4.82. The van der Waals surface area contributed by atoms with Crippen molar-refractivity contribution in [2.75, 3.05) is 6.61 Å². The van der Waals surface area contributed by atoms with E-state index < -0.39 is 11.7 Å². The number of benzene rings is 1. The zero-order valence-electron chi connectivity index (χ0n) is 15.0. The molecule has 6 nitrogen and oxygen atoms in total. The van der Waals surface area contributed by atoms with Crippen LogP contribution in [0, 0.1) is 0 Å². The zero-order valence-corrected chi connectivity index (χ0v) is 15.0. The largest absolute Gasteiger partial charge is 0.484 e. The molecule has 2 atom stereocenters. The number of amides is 1. The third kappa shape index (κ3) is 4.43. The summed E-state index contributed by atoms with van der Waals surface area (Å²) in [5, 5.41) is 13.8. The molecule has 3 rings (SSSR count). The Kier molecular flexibility index (Phi) is 5.93. The van der Waals surface area contributed by atoms with E-state index in [1.165, 1.54) is 6.07 Å². The van der Waals surface area contributed by atoms with Crippen molar-refractivity contribution in [2.45, 2.75) is 57.6 Å². The van der Waals surface area contributed by atoms with E-state index in [1.54, 1.807) is 12.1 Å². The monoisotopic (exact) mass is 359 g/mol. The molecule has 0 unspecified atom stereocenters. The first-order chi connectivity index (χ1) is 12.6. The minimum absolute atomic E-state index is 0.146. The van der Waals surface area contributed by atoms with Gasteiger partial charge in [-0.1, -0.05) is 26.2 Å². The summed E-state index contributed by atoms with van der Waals surface area (Å²) < 4.78 is 10.8. The molecule has 2 N–H and O–H groups in total. The first-order valence-corrected chi connectivity index (χ1v) is 9.24. The van der Waals surface area contributed by atoms with E-state index in [4.69, 9.17) is 9.15 Å². The Bertz CT molecular complexity index is 829. The number of rotatable bonds is 5. The number of nitrogens with one attached hydrogen (secondary N) is 1. The van der Waals surface area contributed by atoms with Gasteiger partial charge in [0.05, 0.1) is 12.1 Å². The molecule has 1 fully saturated rings. The molecule has 6 heteroatoms. The smallest absolute Gasteiger partial charge is 0.336 e. The first-order valence-electron chi connectivity index (χ1n) is 9.24. The molecule has 1 aliphatic carbocycles. The lowest BCUT2D eigenvalue weighted by molar-refractivity contribution is -0.124. The predicted molar refractivity (Wildman–Crippen MR) is 98.4 cm³/mol. The van der Waals surface area contributed by atoms with Gasteiger partial charge in [0.25, 0.3) is 5.91 Å². The highest BCUT2D eigenvalue weighted by Gasteiger charge is 2.23. The van der Waals surface area contributed by atoms with Crippen LogP contribution in [-0.4, -0.2) is 29.8 Å². The molecule has 1 aromatic heterocycles. The van der Waals surface area contributed by atoms with Crippen molar-refractivity contribution in [3.8, 4) is 5.75 Å². The van der Waals surface area contributed by atoms with Gasteiger partial charge in [0.2, 0.25) is 0 Å². The number of hydrogen-bond donors (Lipinski definition) is 2. The van der Waals surface area contributed by atoms with Gasteiger partial charge in [-0.2, -0.15) is 0 Å². The van der Waals surface area contributed by atoms with Gasteiger partial charge in [0.1, 0.15) is 11.3 Å². The average Bonchev–Trinajstić information content (AvgIpc) is 2.83. The molecule has 1 saturated carbocycles. The maximum Gasteiger partial charge on any atom is 0.336 e. The molecule has 2 aromatic rings. The molecule has 1 amide bonds. The van der Waals surface area contributed by atoms with Crippen LogP contribution in [0.25, 0.3) is 11.0 Å². The standard InChI is InChI=1S/C20H25NO5/c1-2-13-10-20(24)26-18-11-14(8-9-15(13)18)25-12-19(23)21-16-6-4-3-5-7-17(16)22/h8-11,16-17,22H,2-7,12H2,1H3,(H,21,23)/t16-,17-/m1/s1. The maximum absolute atomic E-state index is 12.1. The molecule has 0 aliphatic heterocycles. The van der Waals surface area contributed by atoms with E-state index in [-0.39, 0.29) is 18.6 Å². The van der Waals surface area contributed by atoms with Gasteiger partial charge in [-0.15, -0.1) is 0 Å². The molecule has 0 radical (unpaired) electrons. The number of carbonyl (C=O) groups is 1. The normalized spacial score (nSPS) is 20.5. The van der Waals surface area contributed by atoms with E-state index >= 15 is 0 Å².